The molecule has 0 bridgehead atoms. The highest BCUT2D eigenvalue weighted by molar-refractivity contribution is 7.29. The number of carbonyl (C=O) groups is 1. The van der Waals surface area contributed by atoms with Crippen molar-refractivity contribution in [2.75, 3.05) is 36.4 Å². The van der Waals surface area contributed by atoms with Crippen LogP contribution in [-0.4, -0.2) is 42.1 Å². The summed E-state index contributed by atoms with van der Waals surface area (Å²) >= 11 is 2.96. The number of fused-ring (bicyclic) bond motifs is 1. The minimum Gasteiger partial charge on any atom is -0.345 e. The first-order chi connectivity index (χ1) is 11.7. The molecule has 3 aromatic heterocycles. The van der Waals surface area contributed by atoms with E-state index < -0.39 is 5.82 Å². The highest BCUT2D eigenvalue weighted by Gasteiger charge is 2.18. The molecule has 0 radical (unpaired) electrons. The van der Waals surface area contributed by atoms with Gasteiger partial charge in [-0.25, -0.2) is 14.4 Å². The van der Waals surface area contributed by atoms with Crippen molar-refractivity contribution in [1.29, 1.82) is 0 Å². The Morgan fingerprint density at radius 3 is 2.83 bits per heavy atom. The van der Waals surface area contributed by atoms with Crippen LogP contribution in [0.4, 0.5) is 15.3 Å². The van der Waals surface area contributed by atoms with Gasteiger partial charge in [-0.3, -0.25) is 4.79 Å². The number of piperazine rings is 1. The number of thiazole rings is 1. The lowest BCUT2D eigenvalue weighted by atomic mass is 10.4. The largest absolute Gasteiger partial charge is 0.345 e. The summed E-state index contributed by atoms with van der Waals surface area (Å²) in [4.78, 5) is 24.5. The quantitative estimate of drug-likeness (QED) is 0.748. The summed E-state index contributed by atoms with van der Waals surface area (Å²) in [6.45, 7) is 3.83. The zero-order valence-corrected chi connectivity index (χ0v) is 14.2. The van der Waals surface area contributed by atoms with Gasteiger partial charge in [0.05, 0.1) is 15.8 Å². The molecule has 0 spiro atoms. The fraction of sp³-hybridized carbons (Fsp3) is 0.267. The molecule has 0 aliphatic carbocycles. The Balaban J connectivity index is 1.51. The summed E-state index contributed by atoms with van der Waals surface area (Å²) < 4.78 is 13.9. The molecule has 0 saturated carbocycles. The van der Waals surface area contributed by atoms with E-state index in [1.165, 1.54) is 23.5 Å². The van der Waals surface area contributed by atoms with Crippen molar-refractivity contribution in [3.8, 4) is 0 Å². The Hall–Kier alpha value is -2.10. The standard InChI is InChI=1S/C15H14FN5OS2/c16-9-1-2-12(18-8-9)19-13(22)10-7-11-14(23-10)20-15(24-11)21-5-3-17-4-6-21/h1-2,7-8,17H,3-6H2,(H,18,19,22). The maximum Gasteiger partial charge on any atom is 0.267 e. The van der Waals surface area contributed by atoms with E-state index in [1.807, 2.05) is 6.07 Å². The summed E-state index contributed by atoms with van der Waals surface area (Å²) in [5.41, 5.74) is 0. The summed E-state index contributed by atoms with van der Waals surface area (Å²) in [5.74, 6) is -0.366. The SMILES string of the molecule is O=C(Nc1ccc(F)cn1)c1cc2sc(N3CCNCC3)nc2s1. The van der Waals surface area contributed by atoms with Crippen LogP contribution in [0.2, 0.25) is 0 Å². The molecule has 1 fully saturated rings. The molecule has 1 aliphatic heterocycles. The molecule has 124 valence electrons. The van der Waals surface area contributed by atoms with Crippen LogP contribution in [0.5, 0.6) is 0 Å². The number of aromatic nitrogens is 2. The highest BCUT2D eigenvalue weighted by atomic mass is 32.1. The van der Waals surface area contributed by atoms with Gasteiger partial charge in [0.25, 0.3) is 5.91 Å². The predicted octanol–water partition coefficient (Wildman–Crippen LogP) is 2.55. The molecule has 1 amide bonds. The third-order valence-corrected chi connectivity index (χ3v) is 5.88. The van der Waals surface area contributed by atoms with Gasteiger partial charge in [0, 0.05) is 26.2 Å². The Morgan fingerprint density at radius 2 is 2.12 bits per heavy atom. The summed E-state index contributed by atoms with van der Waals surface area (Å²) in [7, 11) is 0. The molecule has 1 aliphatic rings. The van der Waals surface area contributed by atoms with E-state index in [9.17, 15) is 9.18 Å². The van der Waals surface area contributed by atoms with Crippen molar-refractivity contribution in [2.45, 2.75) is 0 Å². The molecule has 9 heteroatoms. The van der Waals surface area contributed by atoms with Gasteiger partial charge in [-0.1, -0.05) is 11.3 Å². The lowest BCUT2D eigenvalue weighted by Gasteiger charge is -2.26. The summed E-state index contributed by atoms with van der Waals surface area (Å²) in [5, 5.41) is 6.99. The maximum atomic E-state index is 12.8. The first kappa shape index (κ1) is 15.4. The van der Waals surface area contributed by atoms with Crippen LogP contribution in [0.15, 0.2) is 24.4 Å². The second kappa shape index (κ2) is 6.42. The number of nitrogens with zero attached hydrogens (tertiary/aromatic N) is 3. The van der Waals surface area contributed by atoms with Crippen LogP contribution in [0, 0.1) is 5.82 Å². The zero-order chi connectivity index (χ0) is 16.5. The molecule has 1 saturated heterocycles. The number of amides is 1. The molecule has 2 N–H and O–H groups in total. The molecular weight excluding hydrogens is 349 g/mol. The number of hydrogen-bond donors (Lipinski definition) is 2. The fourth-order valence-electron chi connectivity index (χ4n) is 2.45. The van der Waals surface area contributed by atoms with Gasteiger partial charge in [0.1, 0.15) is 16.5 Å². The zero-order valence-electron chi connectivity index (χ0n) is 12.6. The van der Waals surface area contributed by atoms with E-state index in [2.05, 4.69) is 25.5 Å². The third kappa shape index (κ3) is 3.10. The van der Waals surface area contributed by atoms with Crippen LogP contribution in [0.25, 0.3) is 9.53 Å². The van der Waals surface area contributed by atoms with Crippen molar-refractivity contribution in [1.82, 2.24) is 15.3 Å². The topological polar surface area (TPSA) is 70.2 Å². The van der Waals surface area contributed by atoms with Gasteiger partial charge in [-0.2, -0.15) is 0 Å². The van der Waals surface area contributed by atoms with Gasteiger partial charge < -0.3 is 15.5 Å². The minimum atomic E-state index is -0.436. The lowest BCUT2D eigenvalue weighted by Crippen LogP contribution is -2.43. The smallest absolute Gasteiger partial charge is 0.267 e. The van der Waals surface area contributed by atoms with E-state index in [4.69, 9.17) is 0 Å². The molecule has 4 heterocycles. The average Bonchev–Trinajstić information content (AvgIpc) is 3.17. The minimum absolute atomic E-state index is 0.256. The van der Waals surface area contributed by atoms with Crippen LogP contribution in [0.1, 0.15) is 9.67 Å². The maximum absolute atomic E-state index is 12.8. The highest BCUT2D eigenvalue weighted by Crippen LogP contribution is 2.35. The van der Waals surface area contributed by atoms with E-state index in [-0.39, 0.29) is 5.91 Å². The number of thiophene rings is 1. The lowest BCUT2D eigenvalue weighted by molar-refractivity contribution is 0.103. The van der Waals surface area contributed by atoms with Gasteiger partial charge in [0.2, 0.25) is 0 Å². The van der Waals surface area contributed by atoms with E-state index in [0.717, 1.165) is 47.0 Å². The number of hydrogen-bond acceptors (Lipinski definition) is 7. The summed E-state index contributed by atoms with van der Waals surface area (Å²) in [6, 6.07) is 4.54. The predicted molar refractivity (Wildman–Crippen MR) is 94.7 cm³/mol. The van der Waals surface area contributed by atoms with Gasteiger partial charge in [-0.15, -0.1) is 11.3 Å². The number of nitrogens with one attached hydrogen (secondary N) is 2. The molecule has 3 aromatic rings. The normalized spacial score (nSPS) is 15.0. The fourth-order valence-corrected chi connectivity index (χ4v) is 4.61. The monoisotopic (exact) mass is 363 g/mol. The Bertz CT molecular complexity index is 838. The molecule has 0 atom stereocenters. The number of anilines is 2. The van der Waals surface area contributed by atoms with Crippen molar-refractivity contribution in [3.05, 3.63) is 35.1 Å². The number of halogens is 1. The van der Waals surface area contributed by atoms with Crippen molar-refractivity contribution in [3.63, 3.8) is 0 Å². The first-order valence-electron chi connectivity index (χ1n) is 7.48. The van der Waals surface area contributed by atoms with Crippen LogP contribution < -0.4 is 15.5 Å². The number of pyridine rings is 1. The van der Waals surface area contributed by atoms with Crippen LogP contribution in [0.3, 0.4) is 0 Å². The molecule has 24 heavy (non-hydrogen) atoms. The first-order valence-corrected chi connectivity index (χ1v) is 9.11. The molecule has 0 unspecified atom stereocenters. The van der Waals surface area contributed by atoms with Crippen LogP contribution in [-0.2, 0) is 0 Å². The average molecular weight is 363 g/mol. The Morgan fingerprint density at radius 1 is 1.29 bits per heavy atom. The van der Waals surface area contributed by atoms with E-state index in [0.29, 0.717) is 10.7 Å². The van der Waals surface area contributed by atoms with E-state index >= 15 is 0 Å². The Labute approximate surface area is 145 Å². The number of carbonyl (C=O) groups excluding carboxylic acids is 1. The molecular formula is C15H14FN5OS2. The number of rotatable bonds is 3. The Kier molecular flexibility index (Phi) is 4.13. The van der Waals surface area contributed by atoms with Gasteiger partial charge in [0.15, 0.2) is 5.13 Å². The third-order valence-electron chi connectivity index (χ3n) is 3.66. The molecule has 0 aromatic carbocycles. The van der Waals surface area contributed by atoms with E-state index in [1.54, 1.807) is 11.3 Å². The van der Waals surface area contributed by atoms with Gasteiger partial charge in [-0.05, 0) is 18.2 Å². The van der Waals surface area contributed by atoms with Crippen molar-refractivity contribution >= 4 is 49.1 Å². The van der Waals surface area contributed by atoms with Gasteiger partial charge >= 0.3 is 0 Å². The molecule has 4 rings (SSSR count). The van der Waals surface area contributed by atoms with Crippen molar-refractivity contribution in [2.24, 2.45) is 0 Å². The summed E-state index contributed by atoms with van der Waals surface area (Å²) in [6.07, 6.45) is 1.07. The van der Waals surface area contributed by atoms with Crippen LogP contribution >= 0.6 is 22.7 Å². The second-order valence-electron chi connectivity index (χ2n) is 5.33. The second-order valence-corrected chi connectivity index (χ2v) is 7.37. The molecule has 6 nitrogen and oxygen atoms in total. The van der Waals surface area contributed by atoms with Crippen molar-refractivity contribution < 1.29 is 9.18 Å².